The number of aromatic nitrogens is 1. The van der Waals surface area contributed by atoms with Crippen molar-refractivity contribution in [1.29, 1.82) is 0 Å². The summed E-state index contributed by atoms with van der Waals surface area (Å²) >= 11 is 3.26. The number of aliphatic hydroxyl groups is 1. The van der Waals surface area contributed by atoms with Crippen LogP contribution in [0, 0.1) is 6.92 Å². The SMILES string of the molecule is Cc1[nH]c(=O)c(C(=O)N[C@@H](C)CCO)cc1Br. The summed E-state index contributed by atoms with van der Waals surface area (Å²) < 4.78 is 0.678. The zero-order valence-electron chi connectivity index (χ0n) is 9.71. The molecule has 0 aliphatic heterocycles. The molecule has 0 spiro atoms. The fourth-order valence-electron chi connectivity index (χ4n) is 1.33. The summed E-state index contributed by atoms with van der Waals surface area (Å²) in [4.78, 5) is 25.9. The molecule has 5 nitrogen and oxygen atoms in total. The Kier molecular flexibility index (Phi) is 4.89. The zero-order chi connectivity index (χ0) is 13.0. The number of aliphatic hydroxyl groups excluding tert-OH is 1. The molecular weight excluding hydrogens is 288 g/mol. The van der Waals surface area contributed by atoms with Crippen LogP contribution in [0.2, 0.25) is 0 Å². The van der Waals surface area contributed by atoms with Crippen LogP contribution in [-0.2, 0) is 0 Å². The van der Waals surface area contributed by atoms with Gasteiger partial charge in [0.2, 0.25) is 0 Å². The number of aromatic amines is 1. The maximum atomic E-state index is 11.8. The molecule has 17 heavy (non-hydrogen) atoms. The number of halogens is 1. The van der Waals surface area contributed by atoms with E-state index >= 15 is 0 Å². The summed E-state index contributed by atoms with van der Waals surface area (Å²) in [6, 6.07) is 1.32. The molecule has 1 atom stereocenters. The molecule has 1 rings (SSSR count). The summed E-state index contributed by atoms with van der Waals surface area (Å²) in [5.74, 6) is -0.437. The summed E-state index contributed by atoms with van der Waals surface area (Å²) in [5.41, 5.74) is 0.321. The summed E-state index contributed by atoms with van der Waals surface area (Å²) in [7, 11) is 0. The van der Waals surface area contributed by atoms with Gasteiger partial charge in [0, 0.05) is 22.8 Å². The third kappa shape index (κ3) is 3.67. The van der Waals surface area contributed by atoms with Gasteiger partial charge in [-0.2, -0.15) is 0 Å². The molecule has 0 aliphatic carbocycles. The van der Waals surface area contributed by atoms with Gasteiger partial charge in [0.1, 0.15) is 5.56 Å². The predicted molar refractivity (Wildman–Crippen MR) is 68.1 cm³/mol. The Morgan fingerprint density at radius 2 is 2.29 bits per heavy atom. The monoisotopic (exact) mass is 302 g/mol. The van der Waals surface area contributed by atoms with E-state index in [-0.39, 0.29) is 18.2 Å². The lowest BCUT2D eigenvalue weighted by atomic mass is 10.2. The zero-order valence-corrected chi connectivity index (χ0v) is 11.3. The first-order chi connectivity index (χ1) is 7.95. The number of H-pyrrole nitrogens is 1. The molecule has 0 bridgehead atoms. The Hall–Kier alpha value is -1.14. The van der Waals surface area contributed by atoms with Crippen molar-refractivity contribution < 1.29 is 9.90 Å². The second-order valence-electron chi connectivity index (χ2n) is 3.87. The molecule has 3 N–H and O–H groups in total. The normalized spacial score (nSPS) is 12.2. The average Bonchev–Trinajstić information content (AvgIpc) is 2.23. The van der Waals surface area contributed by atoms with Gasteiger partial charge in [0.25, 0.3) is 11.5 Å². The Labute approximate surface area is 107 Å². The predicted octanol–water partition coefficient (Wildman–Crippen LogP) is 0.947. The van der Waals surface area contributed by atoms with E-state index in [4.69, 9.17) is 5.11 Å². The van der Waals surface area contributed by atoms with Crippen LogP contribution in [0.25, 0.3) is 0 Å². The van der Waals surface area contributed by atoms with E-state index in [0.717, 1.165) is 0 Å². The highest BCUT2D eigenvalue weighted by Crippen LogP contribution is 2.12. The van der Waals surface area contributed by atoms with E-state index in [1.54, 1.807) is 13.8 Å². The number of hydrogen-bond acceptors (Lipinski definition) is 3. The Balaban J connectivity index is 2.90. The van der Waals surface area contributed by atoms with Gasteiger partial charge in [-0.05, 0) is 42.3 Å². The van der Waals surface area contributed by atoms with E-state index in [0.29, 0.717) is 16.6 Å². The maximum absolute atomic E-state index is 11.8. The van der Waals surface area contributed by atoms with Crippen molar-refractivity contribution in [2.45, 2.75) is 26.3 Å². The molecule has 0 unspecified atom stereocenters. The number of amides is 1. The average molecular weight is 303 g/mol. The molecule has 1 amide bonds. The minimum absolute atomic E-state index is 0.00457. The summed E-state index contributed by atoms with van der Waals surface area (Å²) in [6.45, 7) is 3.50. The molecule has 0 radical (unpaired) electrons. The van der Waals surface area contributed by atoms with Crippen molar-refractivity contribution in [3.05, 3.63) is 32.2 Å². The highest BCUT2D eigenvalue weighted by Gasteiger charge is 2.14. The number of carbonyl (C=O) groups excluding carboxylic acids is 1. The van der Waals surface area contributed by atoms with Gasteiger partial charge < -0.3 is 15.4 Å². The van der Waals surface area contributed by atoms with Crippen molar-refractivity contribution in [2.24, 2.45) is 0 Å². The second-order valence-corrected chi connectivity index (χ2v) is 4.73. The fraction of sp³-hybridized carbons (Fsp3) is 0.455. The van der Waals surface area contributed by atoms with Crippen LogP contribution in [0.4, 0.5) is 0 Å². The molecule has 1 aromatic rings. The molecule has 1 aromatic heterocycles. The second kappa shape index (κ2) is 5.97. The van der Waals surface area contributed by atoms with Crippen molar-refractivity contribution >= 4 is 21.8 Å². The van der Waals surface area contributed by atoms with Crippen LogP contribution in [0.3, 0.4) is 0 Å². The third-order valence-corrected chi connectivity index (χ3v) is 3.18. The third-order valence-electron chi connectivity index (χ3n) is 2.36. The lowest BCUT2D eigenvalue weighted by Gasteiger charge is -2.12. The highest BCUT2D eigenvalue weighted by atomic mass is 79.9. The Morgan fingerprint density at radius 1 is 1.65 bits per heavy atom. The van der Waals surface area contributed by atoms with Gasteiger partial charge in [-0.1, -0.05) is 0 Å². The standard InChI is InChI=1S/C11H15BrN2O3/c1-6(3-4-15)13-10(16)8-5-9(12)7(2)14-11(8)17/h5-6,15H,3-4H2,1-2H3,(H,13,16)(H,14,17)/t6-/m0/s1. The van der Waals surface area contributed by atoms with E-state index in [2.05, 4.69) is 26.2 Å². The van der Waals surface area contributed by atoms with Crippen molar-refractivity contribution in [1.82, 2.24) is 10.3 Å². The number of hydrogen-bond donors (Lipinski definition) is 3. The number of rotatable bonds is 4. The fourth-order valence-corrected chi connectivity index (χ4v) is 1.66. The first kappa shape index (κ1) is 13.9. The van der Waals surface area contributed by atoms with Gasteiger partial charge in [-0.25, -0.2) is 0 Å². The molecule has 94 valence electrons. The molecule has 0 saturated carbocycles. The van der Waals surface area contributed by atoms with Gasteiger partial charge in [-0.3, -0.25) is 9.59 Å². The smallest absolute Gasteiger partial charge is 0.261 e. The maximum Gasteiger partial charge on any atom is 0.261 e. The van der Waals surface area contributed by atoms with Crippen LogP contribution in [0.15, 0.2) is 15.3 Å². The van der Waals surface area contributed by atoms with Crippen LogP contribution < -0.4 is 10.9 Å². The number of carbonyl (C=O) groups is 1. The largest absolute Gasteiger partial charge is 0.396 e. The summed E-state index contributed by atoms with van der Waals surface area (Å²) in [6.07, 6.45) is 0.455. The van der Waals surface area contributed by atoms with Crippen LogP contribution in [0.1, 0.15) is 29.4 Å². The lowest BCUT2D eigenvalue weighted by molar-refractivity contribution is 0.0933. The molecular formula is C11H15BrN2O3. The van der Waals surface area contributed by atoms with Gasteiger partial charge in [-0.15, -0.1) is 0 Å². The van der Waals surface area contributed by atoms with E-state index < -0.39 is 11.5 Å². The lowest BCUT2D eigenvalue weighted by Crippen LogP contribution is -2.36. The van der Waals surface area contributed by atoms with Crippen LogP contribution >= 0.6 is 15.9 Å². The molecule has 0 aromatic carbocycles. The topological polar surface area (TPSA) is 82.2 Å². The van der Waals surface area contributed by atoms with Gasteiger partial charge in [0.15, 0.2) is 0 Å². The molecule has 0 saturated heterocycles. The molecule has 0 aliphatic rings. The number of nitrogens with one attached hydrogen (secondary N) is 2. The first-order valence-electron chi connectivity index (χ1n) is 5.27. The molecule has 1 heterocycles. The highest BCUT2D eigenvalue weighted by molar-refractivity contribution is 9.10. The van der Waals surface area contributed by atoms with Crippen LogP contribution in [0.5, 0.6) is 0 Å². The Morgan fingerprint density at radius 3 is 2.88 bits per heavy atom. The Bertz CT molecular complexity index is 470. The van der Waals surface area contributed by atoms with Crippen molar-refractivity contribution in [3.8, 4) is 0 Å². The van der Waals surface area contributed by atoms with Gasteiger partial charge >= 0.3 is 0 Å². The van der Waals surface area contributed by atoms with Crippen molar-refractivity contribution in [2.75, 3.05) is 6.61 Å². The van der Waals surface area contributed by atoms with Crippen LogP contribution in [-0.4, -0.2) is 28.6 Å². The molecule has 6 heteroatoms. The molecule has 0 fully saturated rings. The quantitative estimate of drug-likeness (QED) is 0.774. The van der Waals surface area contributed by atoms with E-state index in [9.17, 15) is 9.59 Å². The van der Waals surface area contributed by atoms with E-state index in [1.807, 2.05) is 0 Å². The summed E-state index contributed by atoms with van der Waals surface area (Å²) in [5, 5.41) is 11.4. The first-order valence-corrected chi connectivity index (χ1v) is 6.06. The minimum atomic E-state index is -0.437. The minimum Gasteiger partial charge on any atom is -0.396 e. The van der Waals surface area contributed by atoms with Gasteiger partial charge in [0.05, 0.1) is 0 Å². The number of aryl methyl sites for hydroxylation is 1. The van der Waals surface area contributed by atoms with Crippen molar-refractivity contribution in [3.63, 3.8) is 0 Å². The number of pyridine rings is 1. The van der Waals surface area contributed by atoms with E-state index in [1.165, 1.54) is 6.07 Å².